The van der Waals surface area contributed by atoms with Crippen LogP contribution in [-0.2, 0) is 22.4 Å². The molecule has 1 aliphatic carbocycles. The monoisotopic (exact) mass is 367 g/mol. The van der Waals surface area contributed by atoms with Crippen LogP contribution in [0.4, 0.5) is 0 Å². The van der Waals surface area contributed by atoms with E-state index >= 15 is 0 Å². The second-order valence-corrected chi connectivity index (χ2v) is 3.36. The smallest absolute Gasteiger partial charge is 0 e. The molecule has 0 aromatic carbocycles. The Labute approximate surface area is 98.5 Å². The van der Waals surface area contributed by atoms with Crippen LogP contribution >= 0.6 is 13.5 Å². The molecule has 0 spiro atoms. The second kappa shape index (κ2) is 7.02. The first-order valence-corrected chi connectivity index (χ1v) is 4.01. The van der Waals surface area contributed by atoms with Gasteiger partial charge in [0, 0.05) is 22.4 Å². The normalized spacial score (nSPS) is 15.6. The SMILES string of the molecule is CC1=CCC(=C(C)C)CC1.S.[Au]. The van der Waals surface area contributed by atoms with Crippen molar-refractivity contribution in [1.29, 1.82) is 0 Å². The topological polar surface area (TPSA) is 0 Å². The van der Waals surface area contributed by atoms with E-state index in [2.05, 4.69) is 26.8 Å². The molecule has 0 heterocycles. The van der Waals surface area contributed by atoms with Gasteiger partial charge in [-0.25, -0.2) is 0 Å². The first-order valence-electron chi connectivity index (χ1n) is 4.01. The summed E-state index contributed by atoms with van der Waals surface area (Å²) >= 11 is 0. The van der Waals surface area contributed by atoms with Crippen LogP contribution in [0.1, 0.15) is 40.0 Å². The Morgan fingerprint density at radius 3 is 2.17 bits per heavy atom. The van der Waals surface area contributed by atoms with Crippen molar-refractivity contribution in [3.8, 4) is 0 Å². The van der Waals surface area contributed by atoms with Gasteiger partial charge in [0.2, 0.25) is 0 Å². The molecule has 0 aliphatic heterocycles. The minimum absolute atomic E-state index is 0. The summed E-state index contributed by atoms with van der Waals surface area (Å²) in [5.41, 5.74) is 4.72. The van der Waals surface area contributed by atoms with Crippen molar-refractivity contribution in [1.82, 2.24) is 0 Å². The van der Waals surface area contributed by atoms with Crippen LogP contribution in [0.15, 0.2) is 22.8 Å². The van der Waals surface area contributed by atoms with Gasteiger partial charge in [0.05, 0.1) is 0 Å². The van der Waals surface area contributed by atoms with E-state index in [0.717, 1.165) is 0 Å². The molecule has 0 aromatic heterocycles. The van der Waals surface area contributed by atoms with Crippen molar-refractivity contribution in [3.63, 3.8) is 0 Å². The van der Waals surface area contributed by atoms with Gasteiger partial charge >= 0.3 is 0 Å². The standard InChI is InChI=1S/C10H16.Au.H2S/c1-8(2)10-6-4-9(3)5-7-10;;/h4H,5-7H2,1-3H3;;1H2. The van der Waals surface area contributed by atoms with Crippen molar-refractivity contribution in [2.24, 2.45) is 0 Å². The van der Waals surface area contributed by atoms with Crippen LogP contribution < -0.4 is 0 Å². The van der Waals surface area contributed by atoms with Crippen molar-refractivity contribution in [3.05, 3.63) is 22.8 Å². The quantitative estimate of drug-likeness (QED) is 0.454. The fraction of sp³-hybridized carbons (Fsp3) is 0.600. The average Bonchev–Trinajstić information content (AvgIpc) is 1.88. The van der Waals surface area contributed by atoms with Crippen LogP contribution in [0, 0.1) is 0 Å². The molecule has 75 valence electrons. The molecular formula is C10H18AuS. The fourth-order valence-electron chi connectivity index (χ4n) is 1.30. The van der Waals surface area contributed by atoms with Gasteiger partial charge in [-0.05, 0) is 40.0 Å². The van der Waals surface area contributed by atoms with Gasteiger partial charge in [-0.3, -0.25) is 0 Å². The maximum atomic E-state index is 2.35. The number of allylic oxidation sites excluding steroid dienone is 4. The summed E-state index contributed by atoms with van der Waals surface area (Å²) < 4.78 is 0. The molecule has 0 nitrogen and oxygen atoms in total. The number of hydrogen-bond donors (Lipinski definition) is 0. The van der Waals surface area contributed by atoms with E-state index in [1.54, 1.807) is 11.1 Å². The predicted molar refractivity (Wildman–Crippen MR) is 56.4 cm³/mol. The third kappa shape index (κ3) is 4.56. The molecule has 1 radical (unpaired) electrons. The summed E-state index contributed by atoms with van der Waals surface area (Å²) in [4.78, 5) is 0. The van der Waals surface area contributed by atoms with Crippen molar-refractivity contribution < 1.29 is 22.4 Å². The summed E-state index contributed by atoms with van der Waals surface area (Å²) in [5, 5.41) is 0. The third-order valence-corrected chi connectivity index (χ3v) is 2.23. The molecule has 1 rings (SSSR count). The second-order valence-electron chi connectivity index (χ2n) is 3.36. The summed E-state index contributed by atoms with van der Waals surface area (Å²) in [6, 6.07) is 0. The van der Waals surface area contributed by atoms with Crippen molar-refractivity contribution in [2.45, 2.75) is 40.0 Å². The van der Waals surface area contributed by atoms with Crippen LogP contribution in [0.2, 0.25) is 0 Å². The van der Waals surface area contributed by atoms with E-state index in [1.165, 1.54) is 24.8 Å². The van der Waals surface area contributed by atoms with Crippen LogP contribution in [-0.4, -0.2) is 0 Å². The molecule has 1 aliphatic rings. The molecule has 2 heteroatoms. The Morgan fingerprint density at radius 1 is 1.25 bits per heavy atom. The predicted octanol–water partition coefficient (Wildman–Crippen LogP) is 3.56. The minimum Gasteiger partial charge on any atom is -0.197 e. The van der Waals surface area contributed by atoms with Gasteiger partial charge in [0.25, 0.3) is 0 Å². The Bertz CT molecular complexity index is 188. The zero-order valence-corrected chi connectivity index (χ0v) is 11.2. The Hall–Kier alpha value is 0.570. The van der Waals surface area contributed by atoms with Crippen LogP contribution in [0.25, 0.3) is 0 Å². The first-order chi connectivity index (χ1) is 4.70. The van der Waals surface area contributed by atoms with E-state index < -0.39 is 0 Å². The summed E-state index contributed by atoms with van der Waals surface area (Å²) in [5.74, 6) is 0. The molecule has 0 fully saturated rings. The largest absolute Gasteiger partial charge is 0.197 e. The summed E-state index contributed by atoms with van der Waals surface area (Å²) in [7, 11) is 0. The average molecular weight is 367 g/mol. The molecule has 0 N–H and O–H groups in total. The third-order valence-electron chi connectivity index (χ3n) is 2.23. The van der Waals surface area contributed by atoms with Crippen LogP contribution in [0.3, 0.4) is 0 Å². The Morgan fingerprint density at radius 2 is 1.83 bits per heavy atom. The molecule has 0 atom stereocenters. The van der Waals surface area contributed by atoms with Gasteiger partial charge < -0.3 is 0 Å². The summed E-state index contributed by atoms with van der Waals surface area (Å²) in [6.45, 7) is 6.65. The van der Waals surface area contributed by atoms with E-state index in [-0.39, 0.29) is 35.9 Å². The number of hydrogen-bond acceptors (Lipinski definition) is 0. The molecule has 0 bridgehead atoms. The van der Waals surface area contributed by atoms with E-state index in [9.17, 15) is 0 Å². The first kappa shape index (κ1) is 15.1. The Kier molecular flexibility index (Phi) is 8.81. The zero-order valence-electron chi connectivity index (χ0n) is 8.00. The Balaban J connectivity index is 0. The minimum atomic E-state index is 0. The van der Waals surface area contributed by atoms with Crippen molar-refractivity contribution >= 4 is 13.5 Å². The maximum Gasteiger partial charge on any atom is 0 e. The van der Waals surface area contributed by atoms with Gasteiger partial charge in [-0.2, -0.15) is 13.5 Å². The zero-order chi connectivity index (χ0) is 7.56. The van der Waals surface area contributed by atoms with E-state index in [1.807, 2.05) is 0 Å². The van der Waals surface area contributed by atoms with Crippen LogP contribution in [0.5, 0.6) is 0 Å². The van der Waals surface area contributed by atoms with E-state index in [4.69, 9.17) is 0 Å². The number of rotatable bonds is 0. The molecule has 12 heavy (non-hydrogen) atoms. The van der Waals surface area contributed by atoms with Crippen molar-refractivity contribution in [2.75, 3.05) is 0 Å². The van der Waals surface area contributed by atoms with Gasteiger partial charge in [0.1, 0.15) is 0 Å². The fourth-order valence-corrected chi connectivity index (χ4v) is 1.30. The maximum absolute atomic E-state index is 2.35. The molecule has 0 saturated carbocycles. The molecule has 0 amide bonds. The van der Waals surface area contributed by atoms with Gasteiger partial charge in [-0.15, -0.1) is 0 Å². The summed E-state index contributed by atoms with van der Waals surface area (Å²) in [6.07, 6.45) is 6.13. The van der Waals surface area contributed by atoms with Gasteiger partial charge in [-0.1, -0.05) is 22.8 Å². The molecular weight excluding hydrogens is 349 g/mol. The molecule has 0 saturated heterocycles. The van der Waals surface area contributed by atoms with E-state index in [0.29, 0.717) is 0 Å². The molecule has 0 aromatic rings. The molecule has 0 unspecified atom stereocenters. The van der Waals surface area contributed by atoms with Gasteiger partial charge in [0.15, 0.2) is 0 Å².